The van der Waals surface area contributed by atoms with Crippen LogP contribution in [0.4, 0.5) is 4.79 Å². The number of carbonyl (C=O) groups is 2. The molecule has 0 radical (unpaired) electrons. The van der Waals surface area contributed by atoms with Crippen molar-refractivity contribution in [1.82, 2.24) is 4.90 Å². The van der Waals surface area contributed by atoms with Gasteiger partial charge in [0.05, 0.1) is 25.3 Å². The van der Waals surface area contributed by atoms with Crippen LogP contribution < -0.4 is 4.74 Å². The van der Waals surface area contributed by atoms with Crippen molar-refractivity contribution >= 4 is 22.8 Å². The van der Waals surface area contributed by atoms with Gasteiger partial charge in [-0.2, -0.15) is 0 Å². The van der Waals surface area contributed by atoms with Crippen molar-refractivity contribution in [2.75, 3.05) is 13.7 Å². The zero-order valence-corrected chi connectivity index (χ0v) is 25.2. The Morgan fingerprint density at radius 1 is 0.976 bits per heavy atom. The molecular weight excluding hydrogens is 526 g/mol. The highest BCUT2D eigenvalue weighted by Gasteiger charge is 2.35. The van der Waals surface area contributed by atoms with Gasteiger partial charge in [-0.25, -0.2) is 9.59 Å². The SMILES string of the molecule is COC(=O)c1cc(C2C[C@@H](CN(C(=O)OC(C)(C)C)[C@H](C)c3cccc4ccccc34)Oc3ccccc32)ccc1C. The van der Waals surface area contributed by atoms with E-state index in [1.165, 1.54) is 7.11 Å². The molecule has 6 heteroatoms. The number of para-hydroxylation sites is 1. The second kappa shape index (κ2) is 11.9. The molecule has 1 amide bonds. The second-order valence-corrected chi connectivity index (χ2v) is 12.0. The number of aryl methyl sites for hydroxylation is 1. The maximum atomic E-state index is 13.8. The lowest BCUT2D eigenvalue weighted by Gasteiger charge is -2.38. The van der Waals surface area contributed by atoms with Crippen LogP contribution in [-0.4, -0.2) is 42.3 Å². The third kappa shape index (κ3) is 6.13. The van der Waals surface area contributed by atoms with Gasteiger partial charge in [-0.05, 0) is 80.6 Å². The summed E-state index contributed by atoms with van der Waals surface area (Å²) in [4.78, 5) is 28.1. The molecule has 1 heterocycles. The molecule has 42 heavy (non-hydrogen) atoms. The van der Waals surface area contributed by atoms with Gasteiger partial charge in [-0.15, -0.1) is 0 Å². The maximum Gasteiger partial charge on any atom is 0.410 e. The van der Waals surface area contributed by atoms with E-state index in [0.29, 0.717) is 18.5 Å². The van der Waals surface area contributed by atoms with Gasteiger partial charge in [0.1, 0.15) is 17.5 Å². The van der Waals surface area contributed by atoms with Gasteiger partial charge in [-0.1, -0.05) is 72.8 Å². The third-order valence-electron chi connectivity index (χ3n) is 7.93. The Balaban J connectivity index is 1.51. The number of nitrogens with zero attached hydrogens (tertiary/aromatic N) is 1. The summed E-state index contributed by atoms with van der Waals surface area (Å²) in [6.45, 7) is 9.93. The van der Waals surface area contributed by atoms with Crippen LogP contribution in [0.1, 0.15) is 78.7 Å². The van der Waals surface area contributed by atoms with Crippen molar-refractivity contribution in [1.29, 1.82) is 0 Å². The van der Waals surface area contributed by atoms with Crippen LogP contribution in [0.3, 0.4) is 0 Å². The molecule has 4 aromatic carbocycles. The van der Waals surface area contributed by atoms with E-state index in [1.807, 2.05) is 83.1 Å². The monoisotopic (exact) mass is 565 g/mol. The fourth-order valence-corrected chi connectivity index (χ4v) is 5.82. The molecule has 0 N–H and O–H groups in total. The predicted molar refractivity (Wildman–Crippen MR) is 165 cm³/mol. The zero-order chi connectivity index (χ0) is 30.0. The molecule has 1 aliphatic rings. The molecule has 3 atom stereocenters. The molecule has 0 spiro atoms. The molecule has 0 bridgehead atoms. The van der Waals surface area contributed by atoms with Gasteiger partial charge in [-0.3, -0.25) is 4.90 Å². The number of rotatable bonds is 6. The van der Waals surface area contributed by atoms with Gasteiger partial charge in [0, 0.05) is 11.5 Å². The standard InChI is InChI=1S/C36H39NO5/c1-23-18-19-26(20-31(23)34(38)40-6)32-21-27(41-33-17-10-9-15-30(32)33)22-37(35(39)42-36(3,4)5)24(2)28-16-11-13-25-12-7-8-14-29(25)28/h7-20,24,27,32H,21-22H2,1-6H3/t24-,27+,32?/m1/s1. The Hall–Kier alpha value is -4.32. The molecule has 1 unspecified atom stereocenters. The largest absolute Gasteiger partial charge is 0.488 e. The quantitative estimate of drug-likeness (QED) is 0.220. The third-order valence-corrected chi connectivity index (χ3v) is 7.93. The van der Waals surface area contributed by atoms with Gasteiger partial charge in [0.25, 0.3) is 0 Å². The van der Waals surface area contributed by atoms with Crippen molar-refractivity contribution in [2.24, 2.45) is 0 Å². The van der Waals surface area contributed by atoms with Crippen molar-refractivity contribution < 1.29 is 23.8 Å². The lowest BCUT2D eigenvalue weighted by molar-refractivity contribution is 0.00569. The number of carbonyl (C=O) groups excluding carboxylic acids is 2. The summed E-state index contributed by atoms with van der Waals surface area (Å²) in [5, 5.41) is 2.22. The highest BCUT2D eigenvalue weighted by atomic mass is 16.6. The Morgan fingerprint density at radius 3 is 2.45 bits per heavy atom. The second-order valence-electron chi connectivity index (χ2n) is 12.0. The van der Waals surface area contributed by atoms with E-state index in [0.717, 1.165) is 38.8 Å². The van der Waals surface area contributed by atoms with Gasteiger partial charge < -0.3 is 14.2 Å². The van der Waals surface area contributed by atoms with E-state index in [-0.39, 0.29) is 30.1 Å². The molecule has 0 fully saturated rings. The normalized spacial score (nSPS) is 17.1. The fourth-order valence-electron chi connectivity index (χ4n) is 5.82. The van der Waals surface area contributed by atoms with Crippen LogP contribution in [0, 0.1) is 6.92 Å². The highest BCUT2D eigenvalue weighted by Crippen LogP contribution is 2.42. The summed E-state index contributed by atoms with van der Waals surface area (Å²) in [6, 6.07) is 28.1. The number of hydrogen-bond donors (Lipinski definition) is 0. The van der Waals surface area contributed by atoms with E-state index < -0.39 is 5.60 Å². The molecule has 0 saturated carbocycles. The Bertz CT molecular complexity index is 1600. The molecule has 1 aliphatic heterocycles. The molecule has 0 aliphatic carbocycles. The first-order valence-electron chi connectivity index (χ1n) is 14.5. The summed E-state index contributed by atoms with van der Waals surface area (Å²) in [5.74, 6) is 0.393. The number of hydrogen-bond acceptors (Lipinski definition) is 5. The molecular formula is C36H39NO5. The van der Waals surface area contributed by atoms with Crippen LogP contribution >= 0.6 is 0 Å². The Kier molecular flexibility index (Phi) is 8.26. The van der Waals surface area contributed by atoms with Gasteiger partial charge in [0.2, 0.25) is 0 Å². The molecule has 5 rings (SSSR count). The number of ether oxygens (including phenoxy) is 3. The molecule has 0 aromatic heterocycles. The average Bonchev–Trinajstić information content (AvgIpc) is 2.97. The lowest BCUT2D eigenvalue weighted by Crippen LogP contribution is -2.45. The first kappa shape index (κ1) is 29.2. The van der Waals surface area contributed by atoms with Gasteiger partial charge >= 0.3 is 12.1 Å². The van der Waals surface area contributed by atoms with E-state index >= 15 is 0 Å². The Morgan fingerprint density at radius 2 is 1.69 bits per heavy atom. The van der Waals surface area contributed by atoms with Gasteiger partial charge in [0.15, 0.2) is 0 Å². The van der Waals surface area contributed by atoms with E-state index in [4.69, 9.17) is 14.2 Å². The minimum Gasteiger partial charge on any atom is -0.488 e. The average molecular weight is 566 g/mol. The summed E-state index contributed by atoms with van der Waals surface area (Å²) in [5.41, 5.74) is 3.88. The molecule has 4 aromatic rings. The zero-order valence-electron chi connectivity index (χ0n) is 25.2. The fraction of sp³-hybridized carbons (Fsp3) is 0.333. The minimum atomic E-state index is -0.650. The summed E-state index contributed by atoms with van der Waals surface area (Å²) < 4.78 is 17.5. The van der Waals surface area contributed by atoms with E-state index in [1.54, 1.807) is 4.90 Å². The van der Waals surface area contributed by atoms with Crippen LogP contribution in [0.2, 0.25) is 0 Å². The minimum absolute atomic E-state index is 0.0303. The first-order chi connectivity index (χ1) is 20.1. The van der Waals surface area contributed by atoms with Crippen LogP contribution in [-0.2, 0) is 9.47 Å². The van der Waals surface area contributed by atoms with E-state index in [2.05, 4.69) is 36.4 Å². The summed E-state index contributed by atoms with van der Waals surface area (Å²) in [6.07, 6.45) is -0.0645. The number of esters is 1. The smallest absolute Gasteiger partial charge is 0.410 e. The molecule has 6 nitrogen and oxygen atoms in total. The van der Waals surface area contributed by atoms with Crippen molar-refractivity contribution in [3.63, 3.8) is 0 Å². The topological polar surface area (TPSA) is 65.1 Å². The van der Waals surface area contributed by atoms with Crippen molar-refractivity contribution in [3.8, 4) is 5.75 Å². The van der Waals surface area contributed by atoms with Crippen molar-refractivity contribution in [2.45, 2.75) is 64.7 Å². The number of methoxy groups -OCH3 is 1. The predicted octanol–water partition coefficient (Wildman–Crippen LogP) is 8.22. The van der Waals surface area contributed by atoms with Crippen molar-refractivity contribution in [3.05, 3.63) is 113 Å². The lowest BCUT2D eigenvalue weighted by atomic mass is 9.83. The van der Waals surface area contributed by atoms with Crippen LogP contribution in [0.25, 0.3) is 10.8 Å². The number of amides is 1. The summed E-state index contributed by atoms with van der Waals surface area (Å²) in [7, 11) is 1.40. The highest BCUT2D eigenvalue weighted by molar-refractivity contribution is 5.91. The number of benzene rings is 4. The maximum absolute atomic E-state index is 13.8. The first-order valence-corrected chi connectivity index (χ1v) is 14.5. The number of fused-ring (bicyclic) bond motifs is 2. The van der Waals surface area contributed by atoms with Crippen LogP contribution in [0.5, 0.6) is 5.75 Å². The summed E-state index contributed by atoms with van der Waals surface area (Å²) >= 11 is 0. The molecule has 218 valence electrons. The Labute approximate surface area is 248 Å². The molecule has 0 saturated heterocycles. The van der Waals surface area contributed by atoms with E-state index in [9.17, 15) is 9.59 Å². The van der Waals surface area contributed by atoms with Crippen LogP contribution in [0.15, 0.2) is 84.9 Å².